The van der Waals surface area contributed by atoms with Crippen molar-refractivity contribution >= 4 is 17.5 Å². The molecule has 118 valence electrons. The van der Waals surface area contributed by atoms with E-state index < -0.39 is 11.7 Å². The molecule has 0 spiro atoms. The largest absolute Gasteiger partial charge is 0.418 e. The topological polar surface area (TPSA) is 49.8 Å². The van der Waals surface area contributed by atoms with Gasteiger partial charge in [0.15, 0.2) is 0 Å². The van der Waals surface area contributed by atoms with E-state index in [9.17, 15) is 13.2 Å². The molecular weight excluding hydrogens is 293 g/mol. The molecule has 4 nitrogen and oxygen atoms in total. The summed E-state index contributed by atoms with van der Waals surface area (Å²) >= 11 is 0. The maximum atomic E-state index is 13.0. The average Bonchev–Trinajstić information content (AvgIpc) is 2.36. The van der Waals surface area contributed by atoms with Crippen LogP contribution < -0.4 is 10.6 Å². The number of para-hydroxylation sites is 1. The summed E-state index contributed by atoms with van der Waals surface area (Å²) in [5.74, 6) is 0.639. The molecule has 22 heavy (non-hydrogen) atoms. The summed E-state index contributed by atoms with van der Waals surface area (Å²) in [5, 5.41) is 5.76. The van der Waals surface area contributed by atoms with Crippen LogP contribution in [0.25, 0.3) is 0 Å². The first-order valence-corrected chi connectivity index (χ1v) is 6.70. The van der Waals surface area contributed by atoms with Gasteiger partial charge in [0, 0.05) is 11.7 Å². The number of benzene rings is 1. The second-order valence-electron chi connectivity index (χ2n) is 5.81. The molecule has 0 bridgehead atoms. The van der Waals surface area contributed by atoms with Crippen molar-refractivity contribution in [3.05, 3.63) is 42.1 Å². The maximum absolute atomic E-state index is 13.0. The molecule has 0 atom stereocenters. The minimum Gasteiger partial charge on any atom is -0.365 e. The zero-order valence-corrected chi connectivity index (χ0v) is 12.5. The summed E-state index contributed by atoms with van der Waals surface area (Å²) in [6.45, 7) is 5.88. The average molecular weight is 310 g/mol. The van der Waals surface area contributed by atoms with Gasteiger partial charge in [0.1, 0.15) is 5.82 Å². The van der Waals surface area contributed by atoms with Crippen LogP contribution in [0.4, 0.5) is 30.6 Å². The lowest BCUT2D eigenvalue weighted by Crippen LogP contribution is -2.26. The first-order valence-electron chi connectivity index (χ1n) is 6.70. The zero-order chi connectivity index (χ0) is 16.4. The van der Waals surface area contributed by atoms with Gasteiger partial charge in [-0.2, -0.15) is 18.2 Å². The van der Waals surface area contributed by atoms with Gasteiger partial charge in [-0.05, 0) is 39.0 Å². The van der Waals surface area contributed by atoms with E-state index in [1.54, 1.807) is 6.07 Å². The van der Waals surface area contributed by atoms with Crippen molar-refractivity contribution in [1.29, 1.82) is 0 Å². The molecule has 2 rings (SSSR count). The van der Waals surface area contributed by atoms with Crippen molar-refractivity contribution in [1.82, 2.24) is 9.97 Å². The van der Waals surface area contributed by atoms with E-state index in [1.807, 2.05) is 20.8 Å². The highest BCUT2D eigenvalue weighted by Crippen LogP contribution is 2.35. The third kappa shape index (κ3) is 4.34. The summed E-state index contributed by atoms with van der Waals surface area (Å²) in [7, 11) is 0. The smallest absolute Gasteiger partial charge is 0.365 e. The Bertz CT molecular complexity index is 648. The molecule has 0 aliphatic rings. The van der Waals surface area contributed by atoms with Crippen LogP contribution in [-0.4, -0.2) is 15.5 Å². The molecular formula is C15H17F3N4. The molecule has 1 heterocycles. The van der Waals surface area contributed by atoms with Crippen molar-refractivity contribution in [2.45, 2.75) is 32.5 Å². The molecule has 0 aliphatic heterocycles. The van der Waals surface area contributed by atoms with Gasteiger partial charge >= 0.3 is 6.18 Å². The monoisotopic (exact) mass is 310 g/mol. The van der Waals surface area contributed by atoms with Gasteiger partial charge < -0.3 is 10.6 Å². The fourth-order valence-electron chi connectivity index (χ4n) is 1.83. The molecule has 0 saturated heterocycles. The van der Waals surface area contributed by atoms with Gasteiger partial charge in [-0.1, -0.05) is 12.1 Å². The third-order valence-corrected chi connectivity index (χ3v) is 2.64. The molecule has 0 saturated carbocycles. The molecule has 2 aromatic rings. The van der Waals surface area contributed by atoms with E-state index in [4.69, 9.17) is 0 Å². The number of nitrogens with one attached hydrogen (secondary N) is 2. The van der Waals surface area contributed by atoms with E-state index >= 15 is 0 Å². The van der Waals surface area contributed by atoms with E-state index in [2.05, 4.69) is 20.6 Å². The second kappa shape index (κ2) is 5.82. The standard InChI is InChI=1S/C15H17F3N4/c1-14(2,3)22-12-8-9-19-13(21-12)20-11-7-5-4-6-10(11)15(16,17)18/h4-9H,1-3H3,(H2,19,20,21,22). The Balaban J connectivity index is 2.27. The number of nitrogens with zero attached hydrogens (tertiary/aromatic N) is 2. The first-order chi connectivity index (χ1) is 10.1. The SMILES string of the molecule is CC(C)(C)Nc1ccnc(Nc2ccccc2C(F)(F)F)n1. The van der Waals surface area contributed by atoms with Gasteiger partial charge in [0.05, 0.1) is 11.3 Å². The van der Waals surface area contributed by atoms with Gasteiger partial charge in [0.2, 0.25) is 5.95 Å². The minimum atomic E-state index is -4.44. The highest BCUT2D eigenvalue weighted by atomic mass is 19.4. The number of hydrogen-bond donors (Lipinski definition) is 2. The molecule has 0 amide bonds. The van der Waals surface area contributed by atoms with Crippen LogP contribution in [0.5, 0.6) is 0 Å². The maximum Gasteiger partial charge on any atom is 0.418 e. The zero-order valence-electron chi connectivity index (χ0n) is 12.5. The van der Waals surface area contributed by atoms with Crippen LogP contribution in [0.3, 0.4) is 0 Å². The predicted octanol–water partition coefficient (Wildman–Crippen LogP) is 4.45. The Morgan fingerprint density at radius 1 is 1.00 bits per heavy atom. The molecule has 2 N–H and O–H groups in total. The minimum absolute atomic E-state index is 0.0806. The Hall–Kier alpha value is -2.31. The quantitative estimate of drug-likeness (QED) is 0.879. The van der Waals surface area contributed by atoms with Gasteiger partial charge in [-0.15, -0.1) is 0 Å². The van der Waals surface area contributed by atoms with Gasteiger partial charge in [0.25, 0.3) is 0 Å². The van der Waals surface area contributed by atoms with Gasteiger partial charge in [-0.3, -0.25) is 0 Å². The fraction of sp³-hybridized carbons (Fsp3) is 0.333. The van der Waals surface area contributed by atoms with E-state index in [-0.39, 0.29) is 17.2 Å². The van der Waals surface area contributed by atoms with Crippen molar-refractivity contribution in [3.63, 3.8) is 0 Å². The van der Waals surface area contributed by atoms with Crippen LogP contribution in [-0.2, 0) is 6.18 Å². The Kier molecular flexibility index (Phi) is 4.25. The number of hydrogen-bond acceptors (Lipinski definition) is 4. The highest BCUT2D eigenvalue weighted by Gasteiger charge is 2.33. The van der Waals surface area contributed by atoms with Crippen molar-refractivity contribution in [2.24, 2.45) is 0 Å². The van der Waals surface area contributed by atoms with E-state index in [0.717, 1.165) is 6.07 Å². The summed E-state index contributed by atoms with van der Waals surface area (Å²) in [4.78, 5) is 8.13. The molecule has 7 heteroatoms. The molecule has 1 aromatic heterocycles. The first kappa shape index (κ1) is 16.1. The Labute approximate surface area is 126 Å². The van der Waals surface area contributed by atoms with Crippen LogP contribution >= 0.6 is 0 Å². The normalized spacial score (nSPS) is 12.1. The van der Waals surface area contributed by atoms with Crippen LogP contribution in [0, 0.1) is 0 Å². The molecule has 0 fully saturated rings. The Morgan fingerprint density at radius 3 is 2.32 bits per heavy atom. The second-order valence-corrected chi connectivity index (χ2v) is 5.81. The van der Waals surface area contributed by atoms with Crippen molar-refractivity contribution in [3.8, 4) is 0 Å². The van der Waals surface area contributed by atoms with Crippen molar-refractivity contribution in [2.75, 3.05) is 10.6 Å². The van der Waals surface area contributed by atoms with Crippen LogP contribution in [0.1, 0.15) is 26.3 Å². The lowest BCUT2D eigenvalue weighted by atomic mass is 10.1. The summed E-state index contributed by atoms with van der Waals surface area (Å²) in [6, 6.07) is 6.88. The number of aromatic nitrogens is 2. The summed E-state index contributed by atoms with van der Waals surface area (Å²) in [6.07, 6.45) is -2.95. The van der Waals surface area contributed by atoms with Crippen LogP contribution in [0.2, 0.25) is 0 Å². The summed E-state index contributed by atoms with van der Waals surface area (Å²) in [5.41, 5.74) is -1.05. The fourth-order valence-corrected chi connectivity index (χ4v) is 1.83. The molecule has 0 radical (unpaired) electrons. The molecule has 0 aliphatic carbocycles. The summed E-state index contributed by atoms with van der Waals surface area (Å²) < 4.78 is 38.9. The number of anilines is 3. The van der Waals surface area contributed by atoms with Crippen molar-refractivity contribution < 1.29 is 13.2 Å². The lowest BCUT2D eigenvalue weighted by Gasteiger charge is -2.21. The lowest BCUT2D eigenvalue weighted by molar-refractivity contribution is -0.136. The number of alkyl halides is 3. The molecule has 1 aromatic carbocycles. The Morgan fingerprint density at radius 2 is 1.68 bits per heavy atom. The molecule has 0 unspecified atom stereocenters. The van der Waals surface area contributed by atoms with E-state index in [1.165, 1.54) is 24.4 Å². The number of rotatable bonds is 3. The van der Waals surface area contributed by atoms with Crippen LogP contribution in [0.15, 0.2) is 36.5 Å². The van der Waals surface area contributed by atoms with Gasteiger partial charge in [-0.25, -0.2) is 4.98 Å². The van der Waals surface area contributed by atoms with E-state index in [0.29, 0.717) is 5.82 Å². The number of halogens is 3. The third-order valence-electron chi connectivity index (χ3n) is 2.64. The highest BCUT2D eigenvalue weighted by molar-refractivity contribution is 5.60. The predicted molar refractivity (Wildman–Crippen MR) is 80.1 cm³/mol.